The van der Waals surface area contributed by atoms with Crippen LogP contribution in [0.25, 0.3) is 0 Å². The number of ether oxygens (including phenoxy) is 2. The predicted molar refractivity (Wildman–Crippen MR) is 67.1 cm³/mol. The fraction of sp³-hybridized carbons (Fsp3) is 0.462. The summed E-state index contributed by atoms with van der Waals surface area (Å²) in [5.41, 5.74) is 6.48. The minimum Gasteiger partial charge on any atom is -0.497 e. The van der Waals surface area contributed by atoms with E-state index >= 15 is 0 Å². The zero-order chi connectivity index (χ0) is 12.8. The highest BCUT2D eigenvalue weighted by Crippen LogP contribution is 2.20. The molecule has 1 rings (SSSR count). The van der Waals surface area contributed by atoms with Gasteiger partial charge in [-0.3, -0.25) is 0 Å². The van der Waals surface area contributed by atoms with Gasteiger partial charge < -0.3 is 15.2 Å². The van der Waals surface area contributed by atoms with Gasteiger partial charge in [-0.25, -0.2) is 4.79 Å². The summed E-state index contributed by atoms with van der Waals surface area (Å²) in [4.78, 5) is 11.8. The first-order valence-corrected chi connectivity index (χ1v) is 5.69. The quantitative estimate of drug-likeness (QED) is 0.631. The van der Waals surface area contributed by atoms with Crippen molar-refractivity contribution < 1.29 is 14.3 Å². The van der Waals surface area contributed by atoms with Gasteiger partial charge in [0.1, 0.15) is 5.75 Å². The third-order valence-electron chi connectivity index (χ3n) is 2.68. The van der Waals surface area contributed by atoms with Crippen molar-refractivity contribution in [3.05, 3.63) is 23.8 Å². The Bertz CT molecular complexity index is 390. The summed E-state index contributed by atoms with van der Waals surface area (Å²) < 4.78 is 10.2. The molecule has 0 spiro atoms. The van der Waals surface area contributed by atoms with Crippen LogP contribution in [0.5, 0.6) is 5.75 Å². The molecule has 0 radical (unpaired) electrons. The van der Waals surface area contributed by atoms with Crippen molar-refractivity contribution in [2.75, 3.05) is 19.5 Å². The van der Waals surface area contributed by atoms with E-state index in [0.29, 0.717) is 29.5 Å². The fourth-order valence-corrected chi connectivity index (χ4v) is 1.25. The Balaban J connectivity index is 2.74. The molecule has 1 unspecified atom stereocenters. The predicted octanol–water partition coefficient (Wildman–Crippen LogP) is 2.48. The van der Waals surface area contributed by atoms with Crippen LogP contribution in [-0.2, 0) is 4.74 Å². The van der Waals surface area contributed by atoms with E-state index in [1.165, 1.54) is 0 Å². The Morgan fingerprint density at radius 2 is 2.18 bits per heavy atom. The summed E-state index contributed by atoms with van der Waals surface area (Å²) in [5, 5.41) is 0. The van der Waals surface area contributed by atoms with E-state index in [1.54, 1.807) is 25.3 Å². The van der Waals surface area contributed by atoms with Crippen molar-refractivity contribution in [3.8, 4) is 5.75 Å². The summed E-state index contributed by atoms with van der Waals surface area (Å²) in [6.45, 7) is 4.49. The lowest BCUT2D eigenvalue weighted by Gasteiger charge is -2.11. The Morgan fingerprint density at radius 3 is 2.76 bits per heavy atom. The van der Waals surface area contributed by atoms with Gasteiger partial charge in [0.15, 0.2) is 0 Å². The van der Waals surface area contributed by atoms with Crippen molar-refractivity contribution in [3.63, 3.8) is 0 Å². The van der Waals surface area contributed by atoms with Gasteiger partial charge in [0.2, 0.25) is 0 Å². The number of esters is 1. The second-order valence-corrected chi connectivity index (χ2v) is 4.07. The zero-order valence-electron chi connectivity index (χ0n) is 10.5. The number of anilines is 1. The highest BCUT2D eigenvalue weighted by Gasteiger charge is 2.13. The average molecular weight is 237 g/mol. The molecule has 17 heavy (non-hydrogen) atoms. The maximum Gasteiger partial charge on any atom is 0.340 e. The lowest BCUT2D eigenvalue weighted by atomic mass is 10.1. The van der Waals surface area contributed by atoms with E-state index in [4.69, 9.17) is 15.2 Å². The summed E-state index contributed by atoms with van der Waals surface area (Å²) >= 11 is 0. The van der Waals surface area contributed by atoms with Crippen molar-refractivity contribution in [1.82, 2.24) is 0 Å². The molecule has 0 saturated heterocycles. The molecular formula is C13H19NO3. The number of hydrogen-bond donors (Lipinski definition) is 1. The molecule has 2 N–H and O–H groups in total. The van der Waals surface area contributed by atoms with Crippen LogP contribution in [0.15, 0.2) is 18.2 Å². The van der Waals surface area contributed by atoms with Crippen LogP contribution in [-0.4, -0.2) is 19.7 Å². The molecule has 4 heteroatoms. The minimum atomic E-state index is -0.401. The van der Waals surface area contributed by atoms with Crippen LogP contribution < -0.4 is 10.5 Å². The van der Waals surface area contributed by atoms with E-state index in [0.717, 1.165) is 6.42 Å². The summed E-state index contributed by atoms with van der Waals surface area (Å²) in [5.74, 6) is 0.544. The van der Waals surface area contributed by atoms with Crippen LogP contribution in [0.2, 0.25) is 0 Å². The van der Waals surface area contributed by atoms with Gasteiger partial charge >= 0.3 is 5.97 Å². The minimum absolute atomic E-state index is 0.353. The second kappa shape index (κ2) is 6.13. The molecule has 0 heterocycles. The largest absolute Gasteiger partial charge is 0.497 e. The molecule has 0 aliphatic carbocycles. The molecule has 94 valence electrons. The molecule has 0 aliphatic heterocycles. The fourth-order valence-electron chi connectivity index (χ4n) is 1.25. The summed E-state index contributed by atoms with van der Waals surface area (Å²) in [6.07, 6.45) is 0.973. The molecule has 0 saturated carbocycles. The molecule has 0 bridgehead atoms. The lowest BCUT2D eigenvalue weighted by molar-refractivity contribution is 0.0448. The first-order chi connectivity index (χ1) is 8.08. The summed E-state index contributed by atoms with van der Waals surface area (Å²) in [6, 6.07) is 4.94. The van der Waals surface area contributed by atoms with Gasteiger partial charge in [-0.05, 0) is 24.1 Å². The first-order valence-electron chi connectivity index (χ1n) is 5.69. The van der Waals surface area contributed by atoms with Crippen LogP contribution in [0.4, 0.5) is 5.69 Å². The monoisotopic (exact) mass is 237 g/mol. The normalized spacial score (nSPS) is 11.9. The molecule has 0 amide bonds. The lowest BCUT2D eigenvalue weighted by Crippen LogP contribution is -2.13. The molecule has 1 aromatic rings. The summed E-state index contributed by atoms with van der Waals surface area (Å²) in [7, 11) is 1.54. The number of carbonyl (C=O) groups excluding carboxylic acids is 1. The third-order valence-corrected chi connectivity index (χ3v) is 2.68. The number of nitrogen functional groups attached to an aromatic ring is 1. The van der Waals surface area contributed by atoms with Crippen LogP contribution in [0, 0.1) is 5.92 Å². The molecule has 1 atom stereocenters. The van der Waals surface area contributed by atoms with Gasteiger partial charge in [-0.1, -0.05) is 20.3 Å². The average Bonchev–Trinajstić information content (AvgIpc) is 2.36. The Morgan fingerprint density at radius 1 is 1.47 bits per heavy atom. The van der Waals surface area contributed by atoms with Crippen LogP contribution >= 0.6 is 0 Å². The highest BCUT2D eigenvalue weighted by atomic mass is 16.5. The molecular weight excluding hydrogens is 218 g/mol. The molecule has 0 fully saturated rings. The van der Waals surface area contributed by atoms with Crippen molar-refractivity contribution in [2.24, 2.45) is 5.92 Å². The van der Waals surface area contributed by atoms with Crippen molar-refractivity contribution in [2.45, 2.75) is 20.3 Å². The molecule has 0 aliphatic rings. The number of hydrogen-bond acceptors (Lipinski definition) is 4. The van der Waals surface area contributed by atoms with Crippen LogP contribution in [0.1, 0.15) is 30.6 Å². The number of rotatable bonds is 5. The molecule has 1 aromatic carbocycles. The van der Waals surface area contributed by atoms with E-state index < -0.39 is 5.97 Å². The van der Waals surface area contributed by atoms with Gasteiger partial charge in [-0.15, -0.1) is 0 Å². The number of methoxy groups -OCH3 is 1. The van der Waals surface area contributed by atoms with Crippen molar-refractivity contribution in [1.29, 1.82) is 0 Å². The number of benzene rings is 1. The maximum absolute atomic E-state index is 11.8. The Kier molecular flexibility index (Phi) is 4.82. The SMILES string of the molecule is CCC(C)COC(=O)c1cc(OC)ccc1N. The number of carbonyl (C=O) groups is 1. The maximum atomic E-state index is 11.8. The van der Waals surface area contributed by atoms with Crippen molar-refractivity contribution >= 4 is 11.7 Å². The van der Waals surface area contributed by atoms with E-state index in [2.05, 4.69) is 6.92 Å². The smallest absolute Gasteiger partial charge is 0.340 e. The van der Waals surface area contributed by atoms with E-state index in [-0.39, 0.29) is 0 Å². The third kappa shape index (κ3) is 3.66. The zero-order valence-corrected chi connectivity index (χ0v) is 10.5. The van der Waals surface area contributed by atoms with Crippen LogP contribution in [0.3, 0.4) is 0 Å². The van der Waals surface area contributed by atoms with Gasteiger partial charge in [0.25, 0.3) is 0 Å². The highest BCUT2D eigenvalue weighted by molar-refractivity contribution is 5.95. The van der Waals surface area contributed by atoms with Gasteiger partial charge in [-0.2, -0.15) is 0 Å². The molecule has 4 nitrogen and oxygen atoms in total. The Hall–Kier alpha value is -1.71. The van der Waals surface area contributed by atoms with Gasteiger partial charge in [0.05, 0.1) is 19.3 Å². The second-order valence-electron chi connectivity index (χ2n) is 4.07. The van der Waals surface area contributed by atoms with E-state index in [1.807, 2.05) is 6.92 Å². The number of nitrogens with two attached hydrogens (primary N) is 1. The standard InChI is InChI=1S/C13H19NO3/c1-4-9(2)8-17-13(15)11-7-10(16-3)5-6-12(11)14/h5-7,9H,4,8,14H2,1-3H3. The first kappa shape index (κ1) is 13.4. The Labute approximate surface area is 102 Å². The van der Waals surface area contributed by atoms with Gasteiger partial charge in [0, 0.05) is 5.69 Å². The topological polar surface area (TPSA) is 61.5 Å². The van der Waals surface area contributed by atoms with E-state index in [9.17, 15) is 4.79 Å². The molecule has 0 aromatic heterocycles.